The first kappa shape index (κ1) is 14.1. The van der Waals surface area contributed by atoms with Crippen LogP contribution in [0.5, 0.6) is 0 Å². The third-order valence-electron chi connectivity index (χ3n) is 3.70. The highest BCUT2D eigenvalue weighted by Gasteiger charge is 2.05. The summed E-state index contributed by atoms with van der Waals surface area (Å²) in [6.07, 6.45) is 1.63. The molecule has 0 fully saturated rings. The smallest absolute Gasteiger partial charge is 0.216 e. The molecule has 0 unspecified atom stereocenters. The van der Waals surface area contributed by atoms with Crippen molar-refractivity contribution in [3.05, 3.63) is 77.5 Å². The van der Waals surface area contributed by atoms with Gasteiger partial charge in [-0.2, -0.15) is 4.74 Å². The molecule has 0 aliphatic heterocycles. The van der Waals surface area contributed by atoms with Gasteiger partial charge in [-0.05, 0) is 29.0 Å². The molecule has 0 N–H and O–H groups in total. The van der Waals surface area contributed by atoms with Gasteiger partial charge in [0.15, 0.2) is 6.21 Å². The van der Waals surface area contributed by atoms with Crippen LogP contribution >= 0.6 is 0 Å². The molecule has 0 bridgehead atoms. The first-order valence-corrected chi connectivity index (χ1v) is 7.21. The van der Waals surface area contributed by atoms with Crippen LogP contribution in [0.15, 0.2) is 66.7 Å². The van der Waals surface area contributed by atoms with Crippen LogP contribution in [0, 0.1) is 5.21 Å². The van der Waals surface area contributed by atoms with Gasteiger partial charge in [-0.25, -0.2) is 0 Å². The van der Waals surface area contributed by atoms with Gasteiger partial charge in [0.2, 0.25) is 5.69 Å². The molecule has 0 amide bonds. The minimum atomic E-state index is 0.624. The van der Waals surface area contributed by atoms with Gasteiger partial charge in [-0.1, -0.05) is 36.4 Å². The summed E-state index contributed by atoms with van der Waals surface area (Å²) in [6, 6.07) is 21.6. The number of nitrogens with zero attached hydrogens (tertiary/aromatic N) is 2. The van der Waals surface area contributed by atoms with E-state index in [0.29, 0.717) is 5.69 Å². The molecular formula is C19H18N2O. The van der Waals surface area contributed by atoms with Crippen LogP contribution in [-0.2, 0) is 0 Å². The first-order valence-electron chi connectivity index (χ1n) is 7.21. The Morgan fingerprint density at radius 1 is 0.864 bits per heavy atom. The van der Waals surface area contributed by atoms with Crippen molar-refractivity contribution in [1.29, 1.82) is 0 Å². The SMILES string of the molecule is CN(C)c1ccc(/[N+]([O-])=C\c2cccc3ccccc23)cc1. The van der Waals surface area contributed by atoms with E-state index in [1.54, 1.807) is 6.21 Å². The van der Waals surface area contributed by atoms with Crippen LogP contribution in [0.4, 0.5) is 11.4 Å². The fraction of sp³-hybridized carbons (Fsp3) is 0.105. The molecule has 3 aromatic carbocycles. The van der Waals surface area contributed by atoms with Gasteiger partial charge in [0.1, 0.15) is 0 Å². The quantitative estimate of drug-likeness (QED) is 0.313. The largest absolute Gasteiger partial charge is 0.618 e. The summed E-state index contributed by atoms with van der Waals surface area (Å²) in [5.74, 6) is 0. The van der Waals surface area contributed by atoms with E-state index in [1.807, 2.05) is 85.7 Å². The maximum Gasteiger partial charge on any atom is 0.216 e. The van der Waals surface area contributed by atoms with Gasteiger partial charge >= 0.3 is 0 Å². The average Bonchev–Trinajstić information content (AvgIpc) is 2.55. The van der Waals surface area contributed by atoms with Crippen molar-refractivity contribution in [1.82, 2.24) is 0 Å². The van der Waals surface area contributed by atoms with E-state index >= 15 is 0 Å². The number of hydrogen-bond acceptors (Lipinski definition) is 2. The van der Waals surface area contributed by atoms with Crippen LogP contribution in [-0.4, -0.2) is 25.0 Å². The average molecular weight is 290 g/mol. The third kappa shape index (κ3) is 2.79. The molecule has 110 valence electrons. The Morgan fingerprint density at radius 3 is 2.27 bits per heavy atom. The molecule has 3 rings (SSSR count). The van der Waals surface area contributed by atoms with E-state index < -0.39 is 0 Å². The second kappa shape index (κ2) is 5.90. The summed E-state index contributed by atoms with van der Waals surface area (Å²) in [5.41, 5.74) is 2.62. The lowest BCUT2D eigenvalue weighted by Crippen LogP contribution is -2.08. The van der Waals surface area contributed by atoms with Crippen LogP contribution in [0.3, 0.4) is 0 Å². The van der Waals surface area contributed by atoms with Crippen molar-refractivity contribution in [2.45, 2.75) is 0 Å². The Kier molecular flexibility index (Phi) is 3.79. The number of anilines is 1. The molecule has 3 aromatic rings. The van der Waals surface area contributed by atoms with Crippen molar-refractivity contribution in [3.8, 4) is 0 Å². The molecule has 0 spiro atoms. The normalized spacial score (nSPS) is 11.6. The molecule has 0 atom stereocenters. The predicted molar refractivity (Wildman–Crippen MR) is 93.2 cm³/mol. The highest BCUT2D eigenvalue weighted by molar-refractivity contribution is 5.98. The second-order valence-electron chi connectivity index (χ2n) is 5.43. The van der Waals surface area contributed by atoms with Gasteiger partial charge in [0, 0.05) is 37.5 Å². The topological polar surface area (TPSA) is 29.3 Å². The van der Waals surface area contributed by atoms with Crippen molar-refractivity contribution < 1.29 is 4.74 Å². The monoisotopic (exact) mass is 290 g/mol. The lowest BCUT2D eigenvalue weighted by Gasteiger charge is -2.12. The molecule has 0 aromatic heterocycles. The Bertz CT molecular complexity index is 815. The molecule has 3 nitrogen and oxygen atoms in total. The molecule has 22 heavy (non-hydrogen) atoms. The highest BCUT2D eigenvalue weighted by atomic mass is 16.5. The van der Waals surface area contributed by atoms with Gasteiger partial charge in [0.25, 0.3) is 0 Å². The minimum Gasteiger partial charge on any atom is -0.618 e. The van der Waals surface area contributed by atoms with Crippen molar-refractivity contribution in [2.24, 2.45) is 0 Å². The minimum absolute atomic E-state index is 0.624. The Balaban J connectivity index is 1.99. The predicted octanol–water partition coefficient (Wildman–Crippen LogP) is 4.17. The fourth-order valence-electron chi connectivity index (χ4n) is 2.46. The summed E-state index contributed by atoms with van der Waals surface area (Å²) < 4.78 is 0.918. The zero-order chi connectivity index (χ0) is 15.5. The molecule has 0 aliphatic carbocycles. The summed E-state index contributed by atoms with van der Waals surface area (Å²) in [4.78, 5) is 2.01. The van der Waals surface area contributed by atoms with E-state index in [0.717, 1.165) is 26.8 Å². The van der Waals surface area contributed by atoms with Crippen LogP contribution in [0.25, 0.3) is 10.8 Å². The number of rotatable bonds is 3. The molecule has 3 heteroatoms. The van der Waals surface area contributed by atoms with Crippen molar-refractivity contribution in [3.63, 3.8) is 0 Å². The van der Waals surface area contributed by atoms with E-state index in [1.165, 1.54) is 0 Å². The summed E-state index contributed by atoms with van der Waals surface area (Å²) in [6.45, 7) is 0. The van der Waals surface area contributed by atoms with Gasteiger partial charge in [-0.15, -0.1) is 0 Å². The van der Waals surface area contributed by atoms with Crippen LogP contribution < -0.4 is 4.90 Å². The maximum atomic E-state index is 12.4. The zero-order valence-corrected chi connectivity index (χ0v) is 12.7. The standard InChI is InChI=1S/C19H18N2O/c1-20(2)17-10-12-18(13-11-17)21(22)14-16-8-5-7-15-6-3-4-9-19(15)16/h3-14H,1-2H3/b21-14+. The van der Waals surface area contributed by atoms with E-state index in [9.17, 15) is 5.21 Å². The highest BCUT2D eigenvalue weighted by Crippen LogP contribution is 2.20. The molecular weight excluding hydrogens is 272 g/mol. The van der Waals surface area contributed by atoms with Gasteiger partial charge in [-0.3, -0.25) is 0 Å². The Hall–Kier alpha value is -2.81. The fourth-order valence-corrected chi connectivity index (χ4v) is 2.46. The van der Waals surface area contributed by atoms with Crippen LogP contribution in [0.1, 0.15) is 5.56 Å². The summed E-state index contributed by atoms with van der Waals surface area (Å²) >= 11 is 0. The molecule has 0 aliphatic rings. The lowest BCUT2D eigenvalue weighted by molar-refractivity contribution is -0.354. The van der Waals surface area contributed by atoms with E-state index in [-0.39, 0.29) is 0 Å². The molecule has 0 saturated heterocycles. The number of benzene rings is 3. The molecule has 0 heterocycles. The number of fused-ring (bicyclic) bond motifs is 1. The van der Waals surface area contributed by atoms with Crippen molar-refractivity contribution >= 4 is 28.4 Å². The van der Waals surface area contributed by atoms with E-state index in [4.69, 9.17) is 0 Å². The Morgan fingerprint density at radius 2 is 1.55 bits per heavy atom. The third-order valence-corrected chi connectivity index (χ3v) is 3.70. The number of hydrogen-bond donors (Lipinski definition) is 0. The first-order chi connectivity index (χ1) is 10.6. The van der Waals surface area contributed by atoms with Crippen molar-refractivity contribution in [2.75, 3.05) is 19.0 Å². The van der Waals surface area contributed by atoms with Crippen LogP contribution in [0.2, 0.25) is 0 Å². The summed E-state index contributed by atoms with van der Waals surface area (Å²) in [7, 11) is 3.96. The lowest BCUT2D eigenvalue weighted by atomic mass is 10.1. The maximum absolute atomic E-state index is 12.4. The molecule has 0 saturated carbocycles. The Labute approximate surface area is 130 Å². The second-order valence-corrected chi connectivity index (χ2v) is 5.43. The zero-order valence-electron chi connectivity index (χ0n) is 12.7. The summed E-state index contributed by atoms with van der Waals surface area (Å²) in [5, 5.41) is 14.6. The van der Waals surface area contributed by atoms with Gasteiger partial charge in [0.05, 0.1) is 0 Å². The van der Waals surface area contributed by atoms with E-state index in [2.05, 4.69) is 0 Å². The van der Waals surface area contributed by atoms with Gasteiger partial charge < -0.3 is 10.1 Å². The molecule has 0 radical (unpaired) electrons.